The van der Waals surface area contributed by atoms with Gasteiger partial charge in [0.1, 0.15) is 24.7 Å². The van der Waals surface area contributed by atoms with Gasteiger partial charge < -0.3 is 9.47 Å². The van der Waals surface area contributed by atoms with Crippen molar-refractivity contribution in [3.63, 3.8) is 0 Å². The van der Waals surface area contributed by atoms with E-state index < -0.39 is 0 Å². The maximum absolute atomic E-state index is 11.5. The molecule has 0 bridgehead atoms. The van der Waals surface area contributed by atoms with Gasteiger partial charge in [-0.15, -0.1) is 0 Å². The van der Waals surface area contributed by atoms with Gasteiger partial charge in [0, 0.05) is 0 Å². The number of hydrogen-bond acceptors (Lipinski definition) is 3. The zero-order valence-corrected chi connectivity index (χ0v) is 15.5. The van der Waals surface area contributed by atoms with Crippen molar-refractivity contribution in [1.82, 2.24) is 0 Å². The van der Waals surface area contributed by atoms with Gasteiger partial charge in [-0.2, -0.15) is 0 Å². The summed E-state index contributed by atoms with van der Waals surface area (Å²) >= 11 is 0. The molecule has 0 aliphatic rings. The number of benzene rings is 3. The van der Waals surface area contributed by atoms with E-state index in [1.54, 1.807) is 0 Å². The minimum absolute atomic E-state index is 0.128. The van der Waals surface area contributed by atoms with Crippen LogP contribution in [0.1, 0.15) is 36.7 Å². The number of carbonyl (C=O) groups excluding carboxylic acids is 1. The van der Waals surface area contributed by atoms with E-state index in [1.807, 2.05) is 48.5 Å². The van der Waals surface area contributed by atoms with E-state index in [2.05, 4.69) is 32.9 Å². The Morgan fingerprint density at radius 3 is 2.23 bits per heavy atom. The standard InChI is InChI=1S/C23H24O3/c1-23(2,3)18-9-11-19(12-10-18)25-14-15-26-22-13-8-17-6-4-5-7-20(17)21(22)16-24/h4-13,16H,14-15H2,1-3H3. The second-order valence-corrected chi connectivity index (χ2v) is 7.29. The lowest BCUT2D eigenvalue weighted by Crippen LogP contribution is -2.12. The molecule has 0 N–H and O–H groups in total. The zero-order valence-electron chi connectivity index (χ0n) is 15.5. The Labute approximate surface area is 154 Å². The first-order valence-corrected chi connectivity index (χ1v) is 8.82. The van der Waals surface area contributed by atoms with Crippen LogP contribution in [0.25, 0.3) is 10.8 Å². The molecule has 3 nitrogen and oxygen atoms in total. The largest absolute Gasteiger partial charge is 0.490 e. The molecule has 0 saturated carbocycles. The highest BCUT2D eigenvalue weighted by Crippen LogP contribution is 2.27. The monoisotopic (exact) mass is 348 g/mol. The Morgan fingerprint density at radius 1 is 0.846 bits per heavy atom. The minimum Gasteiger partial charge on any atom is -0.490 e. The van der Waals surface area contributed by atoms with Crippen molar-refractivity contribution in [3.8, 4) is 11.5 Å². The van der Waals surface area contributed by atoms with E-state index in [9.17, 15) is 4.79 Å². The van der Waals surface area contributed by atoms with Gasteiger partial charge in [0.15, 0.2) is 6.29 Å². The average molecular weight is 348 g/mol. The molecule has 0 spiro atoms. The third kappa shape index (κ3) is 4.05. The SMILES string of the molecule is CC(C)(C)c1ccc(OCCOc2ccc3ccccc3c2C=O)cc1. The molecule has 3 aromatic carbocycles. The molecule has 3 heteroatoms. The Bertz CT molecular complexity index is 889. The summed E-state index contributed by atoms with van der Waals surface area (Å²) in [7, 11) is 0. The zero-order chi connectivity index (χ0) is 18.6. The summed E-state index contributed by atoms with van der Waals surface area (Å²) in [5.41, 5.74) is 1.98. The lowest BCUT2D eigenvalue weighted by atomic mass is 9.87. The predicted octanol–water partition coefficient (Wildman–Crippen LogP) is 5.41. The van der Waals surface area contributed by atoms with E-state index in [0.717, 1.165) is 22.8 Å². The second kappa shape index (κ2) is 7.61. The number of fused-ring (bicyclic) bond motifs is 1. The highest BCUT2D eigenvalue weighted by Gasteiger charge is 2.13. The van der Waals surface area contributed by atoms with E-state index in [0.29, 0.717) is 24.5 Å². The maximum atomic E-state index is 11.5. The molecule has 0 amide bonds. The van der Waals surface area contributed by atoms with Crippen molar-refractivity contribution in [3.05, 3.63) is 71.8 Å². The van der Waals surface area contributed by atoms with Crippen molar-refractivity contribution in [1.29, 1.82) is 0 Å². The smallest absolute Gasteiger partial charge is 0.154 e. The molecule has 0 saturated heterocycles. The maximum Gasteiger partial charge on any atom is 0.154 e. The molecule has 0 aliphatic heterocycles. The number of carbonyl (C=O) groups is 1. The van der Waals surface area contributed by atoms with Crippen LogP contribution in [0.3, 0.4) is 0 Å². The summed E-state index contributed by atoms with van der Waals surface area (Å²) in [4.78, 5) is 11.5. The van der Waals surface area contributed by atoms with Gasteiger partial charge in [0.2, 0.25) is 0 Å². The van der Waals surface area contributed by atoms with Gasteiger partial charge >= 0.3 is 0 Å². The highest BCUT2D eigenvalue weighted by atomic mass is 16.5. The summed E-state index contributed by atoms with van der Waals surface area (Å²) in [6, 6.07) is 19.7. The molecule has 0 heterocycles. The second-order valence-electron chi connectivity index (χ2n) is 7.29. The number of ether oxygens (including phenoxy) is 2. The molecular weight excluding hydrogens is 324 g/mol. The van der Waals surface area contributed by atoms with E-state index in [4.69, 9.17) is 9.47 Å². The first-order chi connectivity index (χ1) is 12.5. The van der Waals surface area contributed by atoms with Crippen LogP contribution in [0.2, 0.25) is 0 Å². The van der Waals surface area contributed by atoms with Crippen LogP contribution >= 0.6 is 0 Å². The summed E-state index contributed by atoms with van der Waals surface area (Å²) in [6.45, 7) is 7.35. The van der Waals surface area contributed by atoms with Crippen LogP contribution in [-0.2, 0) is 5.41 Å². The molecule has 0 aromatic heterocycles. The van der Waals surface area contributed by atoms with Crippen LogP contribution in [0.4, 0.5) is 0 Å². The van der Waals surface area contributed by atoms with Crippen molar-refractivity contribution in [2.45, 2.75) is 26.2 Å². The van der Waals surface area contributed by atoms with Crippen molar-refractivity contribution >= 4 is 17.1 Å². The van der Waals surface area contributed by atoms with Gasteiger partial charge in [-0.3, -0.25) is 4.79 Å². The molecule has 0 radical (unpaired) electrons. The van der Waals surface area contributed by atoms with Gasteiger partial charge in [0.05, 0.1) is 5.56 Å². The number of rotatable bonds is 6. The third-order valence-electron chi connectivity index (χ3n) is 4.38. The van der Waals surface area contributed by atoms with E-state index >= 15 is 0 Å². The van der Waals surface area contributed by atoms with Crippen LogP contribution < -0.4 is 9.47 Å². The normalized spacial score (nSPS) is 11.3. The molecule has 3 aromatic rings. The van der Waals surface area contributed by atoms with Crippen molar-refractivity contribution in [2.75, 3.05) is 13.2 Å². The molecule has 0 unspecified atom stereocenters. The topological polar surface area (TPSA) is 35.5 Å². The Kier molecular flexibility index (Phi) is 5.27. The van der Waals surface area contributed by atoms with E-state index in [-0.39, 0.29) is 5.41 Å². The Hall–Kier alpha value is -2.81. The molecule has 0 atom stereocenters. The molecule has 0 aliphatic carbocycles. The van der Waals surface area contributed by atoms with E-state index in [1.165, 1.54) is 5.56 Å². The first-order valence-electron chi connectivity index (χ1n) is 8.82. The first kappa shape index (κ1) is 18.0. The number of hydrogen-bond donors (Lipinski definition) is 0. The fourth-order valence-corrected chi connectivity index (χ4v) is 2.89. The average Bonchev–Trinajstić information content (AvgIpc) is 2.64. The fraction of sp³-hybridized carbons (Fsp3) is 0.261. The van der Waals surface area contributed by atoms with Crippen molar-refractivity contribution in [2.24, 2.45) is 0 Å². The van der Waals surface area contributed by atoms with Crippen molar-refractivity contribution < 1.29 is 14.3 Å². The number of aldehydes is 1. The Morgan fingerprint density at radius 2 is 1.54 bits per heavy atom. The summed E-state index contributed by atoms with van der Waals surface area (Å²) in [5, 5.41) is 1.93. The van der Waals surface area contributed by atoms with Crippen LogP contribution in [0, 0.1) is 0 Å². The van der Waals surface area contributed by atoms with Gasteiger partial charge in [-0.05, 0) is 39.9 Å². The van der Waals surface area contributed by atoms with Crippen LogP contribution in [0.15, 0.2) is 60.7 Å². The Balaban J connectivity index is 1.60. The van der Waals surface area contributed by atoms with Gasteiger partial charge in [-0.1, -0.05) is 63.2 Å². The minimum atomic E-state index is 0.128. The summed E-state index contributed by atoms with van der Waals surface area (Å²) < 4.78 is 11.5. The molecule has 3 rings (SSSR count). The lowest BCUT2D eigenvalue weighted by molar-refractivity contribution is 0.112. The highest BCUT2D eigenvalue weighted by molar-refractivity contribution is 6.00. The molecule has 0 fully saturated rings. The lowest BCUT2D eigenvalue weighted by Gasteiger charge is -2.19. The van der Waals surface area contributed by atoms with Gasteiger partial charge in [-0.25, -0.2) is 0 Å². The molecular formula is C23H24O3. The predicted molar refractivity (Wildman–Crippen MR) is 105 cm³/mol. The summed E-state index contributed by atoms with van der Waals surface area (Å²) in [6.07, 6.45) is 0.851. The summed E-state index contributed by atoms with van der Waals surface area (Å²) in [5.74, 6) is 1.40. The van der Waals surface area contributed by atoms with Crippen LogP contribution in [-0.4, -0.2) is 19.5 Å². The molecule has 134 valence electrons. The van der Waals surface area contributed by atoms with Crippen LogP contribution in [0.5, 0.6) is 11.5 Å². The van der Waals surface area contributed by atoms with Gasteiger partial charge in [0.25, 0.3) is 0 Å². The quantitative estimate of drug-likeness (QED) is 0.441. The third-order valence-corrected chi connectivity index (χ3v) is 4.38. The molecule has 26 heavy (non-hydrogen) atoms. The fourth-order valence-electron chi connectivity index (χ4n) is 2.89.